The van der Waals surface area contributed by atoms with Crippen LogP contribution in [0.1, 0.15) is 31.6 Å². The van der Waals surface area contributed by atoms with Crippen LogP contribution in [0.2, 0.25) is 0 Å². The number of thiophene rings is 1. The van der Waals surface area contributed by atoms with E-state index in [2.05, 4.69) is 58.5 Å². The molecule has 0 radical (unpaired) electrons. The van der Waals surface area contributed by atoms with Crippen molar-refractivity contribution in [2.75, 3.05) is 40.3 Å². The van der Waals surface area contributed by atoms with E-state index in [0.29, 0.717) is 12.0 Å². The second-order valence-corrected chi connectivity index (χ2v) is 7.65. The maximum atomic E-state index is 4.47. The summed E-state index contributed by atoms with van der Waals surface area (Å²) >= 11 is 1.85. The lowest BCUT2D eigenvalue weighted by Gasteiger charge is -2.30. The Morgan fingerprint density at radius 2 is 2.39 bits per heavy atom. The zero-order valence-corrected chi connectivity index (χ0v) is 15.9. The average Bonchev–Trinajstić information content (AvgIpc) is 3.19. The summed E-state index contributed by atoms with van der Waals surface area (Å²) in [6.07, 6.45) is 3.78. The molecule has 1 saturated heterocycles. The molecule has 1 fully saturated rings. The van der Waals surface area contributed by atoms with E-state index in [4.69, 9.17) is 0 Å². The summed E-state index contributed by atoms with van der Waals surface area (Å²) in [5.74, 6) is 1.63. The minimum atomic E-state index is 0.609. The zero-order chi connectivity index (χ0) is 16.7. The minimum absolute atomic E-state index is 0.609. The summed E-state index contributed by atoms with van der Waals surface area (Å²) in [5.41, 5.74) is 0. The third-order valence-electron chi connectivity index (χ3n) is 4.70. The van der Waals surface area contributed by atoms with Crippen LogP contribution in [0.5, 0.6) is 0 Å². The van der Waals surface area contributed by atoms with Gasteiger partial charge in [-0.2, -0.15) is 0 Å². The SMILES string of the molecule is CCN1CCCC1CN(C)C(=NC)NCC(C)Cc1cccs1. The van der Waals surface area contributed by atoms with Crippen LogP contribution in [0.15, 0.2) is 22.5 Å². The Bertz CT molecular complexity index is 471. The number of hydrogen-bond acceptors (Lipinski definition) is 3. The molecule has 23 heavy (non-hydrogen) atoms. The second-order valence-electron chi connectivity index (χ2n) is 6.62. The highest BCUT2D eigenvalue weighted by Crippen LogP contribution is 2.17. The maximum absolute atomic E-state index is 4.47. The quantitative estimate of drug-likeness (QED) is 0.613. The lowest BCUT2D eigenvalue weighted by Crippen LogP contribution is -2.46. The molecule has 0 saturated carbocycles. The number of rotatable bonds is 7. The van der Waals surface area contributed by atoms with Gasteiger partial charge < -0.3 is 10.2 Å². The molecule has 1 aromatic rings. The van der Waals surface area contributed by atoms with Gasteiger partial charge in [0.15, 0.2) is 5.96 Å². The molecule has 1 N–H and O–H groups in total. The largest absolute Gasteiger partial charge is 0.356 e. The van der Waals surface area contributed by atoms with E-state index < -0.39 is 0 Å². The number of aliphatic imine (C=N–C) groups is 1. The van der Waals surface area contributed by atoms with Crippen LogP contribution in [0.25, 0.3) is 0 Å². The van der Waals surface area contributed by atoms with Gasteiger partial charge in [-0.25, -0.2) is 0 Å². The van der Waals surface area contributed by atoms with Gasteiger partial charge in [0.25, 0.3) is 0 Å². The van der Waals surface area contributed by atoms with Gasteiger partial charge in [-0.05, 0) is 49.7 Å². The van der Waals surface area contributed by atoms with Crippen LogP contribution in [0.4, 0.5) is 0 Å². The Morgan fingerprint density at radius 1 is 1.57 bits per heavy atom. The molecule has 130 valence electrons. The number of nitrogens with one attached hydrogen (secondary N) is 1. The number of nitrogens with zero attached hydrogens (tertiary/aromatic N) is 3. The molecule has 1 aliphatic heterocycles. The molecule has 1 aromatic heterocycles. The van der Waals surface area contributed by atoms with Gasteiger partial charge in [0.1, 0.15) is 0 Å². The lowest BCUT2D eigenvalue weighted by molar-refractivity contribution is 0.232. The van der Waals surface area contributed by atoms with Gasteiger partial charge in [0, 0.05) is 38.1 Å². The predicted molar refractivity (Wildman–Crippen MR) is 101 cm³/mol. The first-order valence-electron chi connectivity index (χ1n) is 8.82. The fourth-order valence-electron chi connectivity index (χ4n) is 3.42. The van der Waals surface area contributed by atoms with Crippen molar-refractivity contribution in [3.05, 3.63) is 22.4 Å². The summed E-state index contributed by atoms with van der Waals surface area (Å²) in [5, 5.41) is 5.71. The zero-order valence-electron chi connectivity index (χ0n) is 15.1. The normalized spacial score (nSPS) is 20.7. The highest BCUT2D eigenvalue weighted by atomic mass is 32.1. The van der Waals surface area contributed by atoms with Crippen molar-refractivity contribution in [3.63, 3.8) is 0 Å². The van der Waals surface area contributed by atoms with E-state index in [1.54, 1.807) is 0 Å². The van der Waals surface area contributed by atoms with Gasteiger partial charge in [0.05, 0.1) is 0 Å². The first-order chi connectivity index (χ1) is 11.1. The molecule has 0 spiro atoms. The smallest absolute Gasteiger partial charge is 0.193 e. The van der Waals surface area contributed by atoms with Crippen molar-refractivity contribution >= 4 is 17.3 Å². The van der Waals surface area contributed by atoms with E-state index >= 15 is 0 Å². The van der Waals surface area contributed by atoms with Crippen molar-refractivity contribution in [2.24, 2.45) is 10.9 Å². The molecule has 0 aromatic carbocycles. The van der Waals surface area contributed by atoms with Crippen molar-refractivity contribution < 1.29 is 0 Å². The van der Waals surface area contributed by atoms with Crippen LogP contribution in [-0.2, 0) is 6.42 Å². The Balaban J connectivity index is 1.77. The first-order valence-corrected chi connectivity index (χ1v) is 9.70. The van der Waals surface area contributed by atoms with Crippen molar-refractivity contribution in [1.82, 2.24) is 15.1 Å². The summed E-state index contributed by atoms with van der Waals surface area (Å²) < 4.78 is 0. The molecule has 0 amide bonds. The lowest BCUT2D eigenvalue weighted by atomic mass is 10.1. The van der Waals surface area contributed by atoms with E-state index in [0.717, 1.165) is 32.0 Å². The van der Waals surface area contributed by atoms with Crippen molar-refractivity contribution in [2.45, 2.75) is 39.2 Å². The minimum Gasteiger partial charge on any atom is -0.356 e. The molecular weight excluding hydrogens is 304 g/mol. The van der Waals surface area contributed by atoms with Gasteiger partial charge in [-0.1, -0.05) is 19.9 Å². The fraction of sp³-hybridized carbons (Fsp3) is 0.722. The molecule has 1 aliphatic rings. The van der Waals surface area contributed by atoms with E-state index in [9.17, 15) is 0 Å². The molecule has 2 atom stereocenters. The molecule has 2 unspecified atom stereocenters. The van der Waals surface area contributed by atoms with Gasteiger partial charge in [0.2, 0.25) is 0 Å². The molecule has 2 heterocycles. The predicted octanol–water partition coefficient (Wildman–Crippen LogP) is 2.92. The number of likely N-dealkylation sites (N-methyl/N-ethyl adjacent to an activating group) is 2. The number of hydrogen-bond donors (Lipinski definition) is 1. The second kappa shape index (κ2) is 9.28. The van der Waals surface area contributed by atoms with E-state index in [-0.39, 0.29) is 0 Å². The van der Waals surface area contributed by atoms with Crippen LogP contribution in [-0.4, -0.2) is 62.1 Å². The molecular formula is C18H32N4S. The Labute approximate surface area is 145 Å². The molecule has 2 rings (SSSR count). The van der Waals surface area contributed by atoms with E-state index in [1.165, 1.54) is 24.3 Å². The maximum Gasteiger partial charge on any atom is 0.193 e. The van der Waals surface area contributed by atoms with Crippen molar-refractivity contribution in [1.29, 1.82) is 0 Å². The Morgan fingerprint density at radius 3 is 3.04 bits per heavy atom. The van der Waals surface area contributed by atoms with E-state index in [1.807, 2.05) is 18.4 Å². The molecule has 4 nitrogen and oxygen atoms in total. The third kappa shape index (κ3) is 5.50. The monoisotopic (exact) mass is 336 g/mol. The first kappa shape index (κ1) is 18.3. The van der Waals surface area contributed by atoms with Crippen molar-refractivity contribution in [3.8, 4) is 0 Å². The highest BCUT2D eigenvalue weighted by molar-refractivity contribution is 7.09. The number of guanidine groups is 1. The van der Waals surface area contributed by atoms with Gasteiger partial charge >= 0.3 is 0 Å². The summed E-state index contributed by atoms with van der Waals surface area (Å²) in [6, 6.07) is 5.03. The van der Waals surface area contributed by atoms with Crippen LogP contribution >= 0.6 is 11.3 Å². The fourth-order valence-corrected chi connectivity index (χ4v) is 4.29. The van der Waals surface area contributed by atoms with Crippen LogP contribution < -0.4 is 5.32 Å². The van der Waals surface area contributed by atoms with Crippen LogP contribution in [0, 0.1) is 5.92 Å². The Hall–Kier alpha value is -1.07. The summed E-state index contributed by atoms with van der Waals surface area (Å²) in [6.45, 7) is 9.00. The average molecular weight is 337 g/mol. The molecule has 5 heteroatoms. The summed E-state index contributed by atoms with van der Waals surface area (Å²) in [7, 11) is 4.04. The highest BCUT2D eigenvalue weighted by Gasteiger charge is 2.24. The Kier molecular flexibility index (Phi) is 7.37. The topological polar surface area (TPSA) is 30.9 Å². The standard InChI is InChI=1S/C18H32N4S/c1-5-22-10-6-8-16(22)14-21(4)18(19-3)20-13-15(2)12-17-9-7-11-23-17/h7,9,11,15-16H,5-6,8,10,12-14H2,1-4H3,(H,19,20). The van der Waals surface area contributed by atoms with Crippen LogP contribution in [0.3, 0.4) is 0 Å². The summed E-state index contributed by atoms with van der Waals surface area (Å²) in [4.78, 5) is 10.8. The molecule has 0 bridgehead atoms. The number of likely N-dealkylation sites (tertiary alicyclic amines) is 1. The third-order valence-corrected chi connectivity index (χ3v) is 5.60. The van der Waals surface area contributed by atoms with Gasteiger partial charge in [-0.3, -0.25) is 9.89 Å². The molecule has 0 aliphatic carbocycles. The van der Waals surface area contributed by atoms with Gasteiger partial charge in [-0.15, -0.1) is 11.3 Å².